The maximum Gasteiger partial charge on any atom is 0.231 e. The monoisotopic (exact) mass is 336 g/mol. The number of thiazole rings is 1. The molecule has 1 heterocycles. The van der Waals surface area contributed by atoms with Crippen molar-refractivity contribution in [2.24, 2.45) is 0 Å². The Balaban J connectivity index is 1.82. The van der Waals surface area contributed by atoms with Crippen LogP contribution in [0.5, 0.6) is 0 Å². The molecule has 1 amide bonds. The van der Waals surface area contributed by atoms with Gasteiger partial charge in [-0.25, -0.2) is 4.98 Å². The maximum atomic E-state index is 12.0. The summed E-state index contributed by atoms with van der Waals surface area (Å²) in [5.41, 5.74) is 1.76. The number of anilines is 1. The first kappa shape index (κ1) is 17.0. The van der Waals surface area contributed by atoms with Gasteiger partial charge in [0.25, 0.3) is 0 Å². The van der Waals surface area contributed by atoms with E-state index >= 15 is 0 Å². The fourth-order valence-corrected chi connectivity index (χ4v) is 3.47. The Morgan fingerprint density at radius 3 is 2.77 bits per heavy atom. The van der Waals surface area contributed by atoms with Crippen LogP contribution in [-0.2, 0) is 17.0 Å². The van der Waals surface area contributed by atoms with Gasteiger partial charge in [0, 0.05) is 22.1 Å². The average Bonchev–Trinajstić information content (AvgIpc) is 2.93. The third-order valence-corrected chi connectivity index (χ3v) is 5.42. The summed E-state index contributed by atoms with van der Waals surface area (Å²) < 4.78 is 0. The van der Waals surface area contributed by atoms with Crippen molar-refractivity contribution in [2.75, 3.05) is 5.32 Å². The molecule has 0 saturated carbocycles. The van der Waals surface area contributed by atoms with Gasteiger partial charge in [-0.3, -0.25) is 4.79 Å². The molecule has 0 bridgehead atoms. The molecule has 0 aliphatic heterocycles. The molecule has 2 N–H and O–H groups in total. The number of thioether (sulfide) groups is 1. The summed E-state index contributed by atoms with van der Waals surface area (Å²) in [6.07, 6.45) is -0.0457. The molecule has 1 aromatic heterocycles. The number of hydrogen-bond acceptors (Lipinski definition) is 5. The second-order valence-electron chi connectivity index (χ2n) is 5.08. The zero-order valence-electron chi connectivity index (χ0n) is 12.7. The predicted molar refractivity (Wildman–Crippen MR) is 93.3 cm³/mol. The first-order chi connectivity index (χ1) is 10.5. The van der Waals surface area contributed by atoms with Crippen LogP contribution in [0.3, 0.4) is 0 Å². The smallest absolute Gasteiger partial charge is 0.231 e. The highest BCUT2D eigenvalue weighted by molar-refractivity contribution is 7.99. The summed E-state index contributed by atoms with van der Waals surface area (Å²) in [6, 6.07) is 9.41. The summed E-state index contributed by atoms with van der Waals surface area (Å²) in [4.78, 5) is 16.4. The largest absolute Gasteiger partial charge is 0.392 e. The lowest BCUT2D eigenvalue weighted by Crippen LogP contribution is -2.15. The van der Waals surface area contributed by atoms with Crippen molar-refractivity contribution in [3.63, 3.8) is 0 Å². The zero-order valence-corrected chi connectivity index (χ0v) is 14.3. The lowest BCUT2D eigenvalue weighted by atomic mass is 10.3. The molecule has 6 heteroatoms. The molecule has 4 nitrogen and oxygen atoms in total. The summed E-state index contributed by atoms with van der Waals surface area (Å²) in [7, 11) is 0. The van der Waals surface area contributed by atoms with E-state index in [1.165, 1.54) is 11.3 Å². The van der Waals surface area contributed by atoms with Gasteiger partial charge in [0.05, 0.1) is 18.2 Å². The molecule has 0 saturated heterocycles. The third kappa shape index (κ3) is 5.44. The normalized spacial score (nSPS) is 13.6. The number of nitrogens with zero attached hydrogens (tertiary/aromatic N) is 1. The van der Waals surface area contributed by atoms with E-state index in [1.807, 2.05) is 42.6 Å². The fourth-order valence-electron chi connectivity index (χ4n) is 1.72. The van der Waals surface area contributed by atoms with Crippen LogP contribution in [0.1, 0.15) is 24.5 Å². The number of aliphatic hydroxyl groups is 1. The first-order valence-corrected chi connectivity index (χ1v) is 9.05. The molecule has 0 spiro atoms. The third-order valence-electron chi connectivity index (χ3n) is 3.14. The highest BCUT2D eigenvalue weighted by Gasteiger charge is 2.12. The van der Waals surface area contributed by atoms with Gasteiger partial charge in [-0.05, 0) is 19.1 Å². The van der Waals surface area contributed by atoms with Crippen LogP contribution in [0, 0.1) is 0 Å². The molecule has 2 atom stereocenters. The molecule has 0 aliphatic rings. The highest BCUT2D eigenvalue weighted by Crippen LogP contribution is 2.21. The van der Waals surface area contributed by atoms with E-state index in [4.69, 9.17) is 0 Å². The number of benzene rings is 1. The molecular formula is C16H20N2O2S2. The van der Waals surface area contributed by atoms with E-state index in [1.54, 1.807) is 18.7 Å². The van der Waals surface area contributed by atoms with Crippen molar-refractivity contribution < 1.29 is 9.90 Å². The summed E-state index contributed by atoms with van der Waals surface area (Å²) in [5.74, 6) is 0.695. The van der Waals surface area contributed by atoms with Crippen LogP contribution in [0.25, 0.3) is 0 Å². The van der Waals surface area contributed by atoms with Crippen molar-refractivity contribution in [1.82, 2.24) is 4.98 Å². The number of nitrogens with one attached hydrogen (secondary N) is 1. The van der Waals surface area contributed by atoms with Crippen LogP contribution >= 0.6 is 23.1 Å². The maximum absolute atomic E-state index is 12.0. The minimum atomic E-state index is -0.334. The molecular weight excluding hydrogens is 316 g/mol. The van der Waals surface area contributed by atoms with Crippen molar-refractivity contribution in [3.8, 4) is 0 Å². The van der Waals surface area contributed by atoms with E-state index in [0.717, 1.165) is 22.1 Å². The van der Waals surface area contributed by atoms with E-state index in [-0.39, 0.29) is 23.7 Å². The molecule has 0 aliphatic carbocycles. The van der Waals surface area contributed by atoms with Crippen LogP contribution in [0.4, 0.5) is 5.69 Å². The van der Waals surface area contributed by atoms with Gasteiger partial charge in [0.1, 0.15) is 5.01 Å². The number of aromatic nitrogens is 1. The molecule has 0 radical (unpaired) electrons. The molecule has 118 valence electrons. The Hall–Kier alpha value is -1.37. The Morgan fingerprint density at radius 2 is 2.09 bits per heavy atom. The number of rotatable bonds is 7. The highest BCUT2D eigenvalue weighted by atomic mass is 32.2. The Labute approximate surface area is 139 Å². The van der Waals surface area contributed by atoms with E-state index in [9.17, 15) is 9.90 Å². The van der Waals surface area contributed by atoms with E-state index < -0.39 is 0 Å². The number of aliphatic hydroxyl groups excluding tert-OH is 1. The van der Waals surface area contributed by atoms with Crippen LogP contribution in [0.15, 0.2) is 35.7 Å². The predicted octanol–water partition coefficient (Wildman–Crippen LogP) is 3.33. The summed E-state index contributed by atoms with van der Waals surface area (Å²) in [5, 5.41) is 15.3. The Bertz CT molecular complexity index is 599. The second kappa shape index (κ2) is 8.31. The summed E-state index contributed by atoms with van der Waals surface area (Å²) in [6.45, 7) is 3.79. The fraction of sp³-hybridized carbons (Fsp3) is 0.375. The van der Waals surface area contributed by atoms with Gasteiger partial charge < -0.3 is 10.4 Å². The molecule has 1 aromatic carbocycles. The lowest BCUT2D eigenvalue weighted by Gasteiger charge is -2.12. The molecule has 22 heavy (non-hydrogen) atoms. The quantitative estimate of drug-likeness (QED) is 0.814. The van der Waals surface area contributed by atoms with Gasteiger partial charge in [-0.15, -0.1) is 23.1 Å². The minimum absolute atomic E-state index is 0.0582. The van der Waals surface area contributed by atoms with E-state index in [0.29, 0.717) is 0 Å². The van der Waals surface area contributed by atoms with Crippen molar-refractivity contribution in [1.29, 1.82) is 0 Å². The number of carbonyl (C=O) groups excluding carboxylic acids is 1. The number of amides is 1. The molecule has 0 fully saturated rings. The van der Waals surface area contributed by atoms with Gasteiger partial charge in [-0.2, -0.15) is 0 Å². The molecule has 0 unspecified atom stereocenters. The van der Waals surface area contributed by atoms with Gasteiger partial charge in [0.2, 0.25) is 5.91 Å². The van der Waals surface area contributed by atoms with Gasteiger partial charge in [0.15, 0.2) is 0 Å². The van der Waals surface area contributed by atoms with Crippen LogP contribution < -0.4 is 5.32 Å². The molecule has 2 rings (SSSR count). The molecule has 2 aromatic rings. The number of para-hydroxylation sites is 1. The standard InChI is InChI=1S/C16H20N2O2S2/c1-11(19)12(2)21-9-14-10-22-16(18-14)8-15(20)17-13-6-4-3-5-7-13/h3-7,10-12,19H,8-9H2,1-2H3,(H,17,20)/t11-,12+/m0/s1. The first-order valence-electron chi connectivity index (χ1n) is 7.12. The van der Waals surface area contributed by atoms with Crippen molar-refractivity contribution >= 4 is 34.7 Å². The van der Waals surface area contributed by atoms with E-state index in [2.05, 4.69) is 10.3 Å². The lowest BCUT2D eigenvalue weighted by molar-refractivity contribution is -0.115. The minimum Gasteiger partial charge on any atom is -0.392 e. The average molecular weight is 336 g/mol. The van der Waals surface area contributed by atoms with Crippen LogP contribution in [0.2, 0.25) is 0 Å². The topological polar surface area (TPSA) is 62.2 Å². The Kier molecular flexibility index (Phi) is 6.42. The van der Waals surface area contributed by atoms with Crippen molar-refractivity contribution in [3.05, 3.63) is 46.4 Å². The zero-order chi connectivity index (χ0) is 15.9. The second-order valence-corrected chi connectivity index (χ2v) is 7.39. The summed E-state index contributed by atoms with van der Waals surface area (Å²) >= 11 is 3.17. The van der Waals surface area contributed by atoms with Gasteiger partial charge in [-0.1, -0.05) is 25.1 Å². The number of hydrogen-bond donors (Lipinski definition) is 2. The van der Waals surface area contributed by atoms with Gasteiger partial charge >= 0.3 is 0 Å². The van der Waals surface area contributed by atoms with Crippen LogP contribution in [-0.4, -0.2) is 27.4 Å². The van der Waals surface area contributed by atoms with Crippen molar-refractivity contribution in [2.45, 2.75) is 37.4 Å². The number of carbonyl (C=O) groups is 1. The Morgan fingerprint density at radius 1 is 1.36 bits per heavy atom. The SMILES string of the molecule is C[C@H](O)[C@@H](C)SCc1csc(CC(=O)Nc2ccccc2)n1.